The van der Waals surface area contributed by atoms with Crippen LogP contribution in [0.15, 0.2) is 0 Å². The van der Waals surface area contributed by atoms with Crippen LogP contribution in [-0.2, 0) is 17.1 Å². The van der Waals surface area contributed by atoms with Gasteiger partial charge in [0, 0.05) is 31.5 Å². The maximum Gasteiger partial charge on any atom is 0.303 e. The van der Waals surface area contributed by atoms with E-state index in [-0.39, 0.29) is 55.2 Å². The molecule has 1 aromatic rings. The number of carboxylic acids is 1. The fourth-order valence-electron chi connectivity index (χ4n) is 5.31. The molecular formula is C19H23F3N4O2. The second kappa shape index (κ2) is 5.97. The molecule has 2 aliphatic carbocycles. The molecule has 4 heterocycles. The zero-order chi connectivity index (χ0) is 19.8. The number of alkyl halides is 3. The minimum absolute atomic E-state index is 0.122. The Bertz CT molecular complexity index is 824. The Morgan fingerprint density at radius 1 is 1.25 bits per heavy atom. The van der Waals surface area contributed by atoms with Crippen LogP contribution in [0.1, 0.15) is 37.4 Å². The Morgan fingerprint density at radius 3 is 2.57 bits per heavy atom. The highest BCUT2D eigenvalue weighted by Gasteiger charge is 2.50. The fourth-order valence-corrected chi connectivity index (χ4v) is 5.31. The van der Waals surface area contributed by atoms with Gasteiger partial charge >= 0.3 is 5.97 Å². The molecule has 3 saturated heterocycles. The molecule has 28 heavy (non-hydrogen) atoms. The maximum absolute atomic E-state index is 14.4. The molecule has 4 fully saturated rings. The second-order valence-corrected chi connectivity index (χ2v) is 8.71. The van der Waals surface area contributed by atoms with Gasteiger partial charge in [0.15, 0.2) is 0 Å². The van der Waals surface area contributed by atoms with Crippen molar-refractivity contribution in [3.8, 4) is 0 Å². The maximum atomic E-state index is 14.4. The van der Waals surface area contributed by atoms with Gasteiger partial charge in [0.2, 0.25) is 5.95 Å². The lowest BCUT2D eigenvalue weighted by atomic mass is 9.60. The Morgan fingerprint density at radius 2 is 1.96 bits per heavy atom. The van der Waals surface area contributed by atoms with Crippen LogP contribution in [0.3, 0.4) is 0 Å². The van der Waals surface area contributed by atoms with E-state index in [2.05, 4.69) is 9.97 Å². The number of halogens is 3. The predicted octanol–water partition coefficient (Wildman–Crippen LogP) is 2.61. The Kier molecular flexibility index (Phi) is 3.84. The summed E-state index contributed by atoms with van der Waals surface area (Å²) in [4.78, 5) is 23.5. The number of rotatable bonds is 4. The SMILES string of the molecule is C[C@H]1C(F)CN1c1nc(N2C[C@H]3C[C@@H](C2)C3CC(=O)O)c2c(n1)C(F)(F)CC2. The van der Waals surface area contributed by atoms with Gasteiger partial charge in [-0.05, 0) is 37.5 Å². The number of hydrogen-bond acceptors (Lipinski definition) is 5. The van der Waals surface area contributed by atoms with Crippen molar-refractivity contribution in [2.24, 2.45) is 17.8 Å². The van der Waals surface area contributed by atoms with E-state index in [9.17, 15) is 18.0 Å². The number of anilines is 2. The average molecular weight is 396 g/mol. The van der Waals surface area contributed by atoms with Crippen molar-refractivity contribution in [2.75, 3.05) is 29.4 Å². The van der Waals surface area contributed by atoms with E-state index in [1.807, 2.05) is 4.90 Å². The van der Waals surface area contributed by atoms with Gasteiger partial charge in [-0.3, -0.25) is 4.79 Å². The van der Waals surface area contributed by atoms with Gasteiger partial charge in [-0.1, -0.05) is 0 Å². The van der Waals surface area contributed by atoms with Crippen LogP contribution in [0.4, 0.5) is 24.9 Å². The van der Waals surface area contributed by atoms with Crippen LogP contribution in [0.2, 0.25) is 0 Å². The van der Waals surface area contributed by atoms with Crippen LogP contribution in [0.5, 0.6) is 0 Å². The summed E-state index contributed by atoms with van der Waals surface area (Å²) in [5.41, 5.74) is 0.276. The summed E-state index contributed by atoms with van der Waals surface area (Å²) in [5.74, 6) is -2.39. The molecule has 1 aromatic heterocycles. The molecule has 9 heteroatoms. The second-order valence-electron chi connectivity index (χ2n) is 8.71. The van der Waals surface area contributed by atoms with Crippen molar-refractivity contribution in [1.29, 1.82) is 0 Å². The van der Waals surface area contributed by atoms with Crippen molar-refractivity contribution < 1.29 is 23.1 Å². The molecule has 6 nitrogen and oxygen atoms in total. The third-order valence-electron chi connectivity index (χ3n) is 7.09. The Balaban J connectivity index is 1.47. The van der Waals surface area contributed by atoms with E-state index in [0.29, 0.717) is 24.5 Å². The summed E-state index contributed by atoms with van der Waals surface area (Å²) in [6.07, 6.45) is 0.0932. The highest BCUT2D eigenvalue weighted by molar-refractivity contribution is 5.67. The molecule has 152 valence electrons. The van der Waals surface area contributed by atoms with E-state index in [4.69, 9.17) is 5.11 Å². The van der Waals surface area contributed by atoms with Gasteiger partial charge in [0.1, 0.15) is 17.7 Å². The predicted molar refractivity (Wildman–Crippen MR) is 95.5 cm³/mol. The van der Waals surface area contributed by atoms with Crippen molar-refractivity contribution in [3.63, 3.8) is 0 Å². The first-order valence-electron chi connectivity index (χ1n) is 9.91. The molecule has 0 aromatic carbocycles. The Hall–Kier alpha value is -2.06. The number of carboxylic acid groups (broad SMARTS) is 1. The quantitative estimate of drug-likeness (QED) is 0.844. The molecule has 3 aliphatic heterocycles. The lowest BCUT2D eigenvalue weighted by molar-refractivity contribution is -0.141. The van der Waals surface area contributed by atoms with Crippen molar-refractivity contribution >= 4 is 17.7 Å². The van der Waals surface area contributed by atoms with Gasteiger partial charge in [-0.2, -0.15) is 13.8 Å². The number of aromatic nitrogens is 2. The molecule has 5 aliphatic rings. The molecule has 1 saturated carbocycles. The van der Waals surface area contributed by atoms with Gasteiger partial charge in [0.05, 0.1) is 12.6 Å². The molecule has 5 atom stereocenters. The lowest BCUT2D eigenvalue weighted by Gasteiger charge is -2.54. The lowest BCUT2D eigenvalue weighted by Crippen LogP contribution is -2.58. The number of aliphatic carboxylic acids is 1. The third kappa shape index (κ3) is 2.58. The summed E-state index contributed by atoms with van der Waals surface area (Å²) in [7, 11) is 0. The molecule has 2 bridgehead atoms. The molecule has 0 amide bonds. The molecule has 0 radical (unpaired) electrons. The molecule has 6 rings (SSSR count). The van der Waals surface area contributed by atoms with E-state index in [1.165, 1.54) is 0 Å². The summed E-state index contributed by atoms with van der Waals surface area (Å²) in [5, 5.41) is 9.10. The fraction of sp³-hybridized carbons (Fsp3) is 0.737. The normalized spacial score (nSPS) is 35.2. The van der Waals surface area contributed by atoms with Crippen LogP contribution in [-0.4, -0.2) is 52.9 Å². The van der Waals surface area contributed by atoms with Gasteiger partial charge in [-0.15, -0.1) is 0 Å². The molecular weight excluding hydrogens is 373 g/mol. The summed E-state index contributed by atoms with van der Waals surface area (Å²) in [6, 6.07) is -0.421. The third-order valence-corrected chi connectivity index (χ3v) is 7.09. The smallest absolute Gasteiger partial charge is 0.303 e. The van der Waals surface area contributed by atoms with E-state index in [1.54, 1.807) is 11.8 Å². The summed E-state index contributed by atoms with van der Waals surface area (Å²) >= 11 is 0. The van der Waals surface area contributed by atoms with Gasteiger partial charge in [-0.25, -0.2) is 9.37 Å². The monoisotopic (exact) mass is 396 g/mol. The van der Waals surface area contributed by atoms with Crippen LogP contribution < -0.4 is 9.80 Å². The Labute approximate surface area is 160 Å². The minimum atomic E-state index is -2.99. The van der Waals surface area contributed by atoms with Crippen molar-refractivity contribution in [2.45, 2.75) is 50.7 Å². The molecule has 2 unspecified atom stereocenters. The first kappa shape index (κ1) is 18.0. The van der Waals surface area contributed by atoms with E-state index >= 15 is 0 Å². The highest BCUT2D eigenvalue weighted by Crippen LogP contribution is 2.50. The van der Waals surface area contributed by atoms with Gasteiger partial charge < -0.3 is 14.9 Å². The minimum Gasteiger partial charge on any atom is -0.481 e. The van der Waals surface area contributed by atoms with Crippen LogP contribution >= 0.6 is 0 Å². The number of piperidine rings is 2. The summed E-state index contributed by atoms with van der Waals surface area (Å²) in [6.45, 7) is 3.08. The average Bonchev–Trinajstić information content (AvgIpc) is 2.98. The van der Waals surface area contributed by atoms with E-state index in [0.717, 1.165) is 6.42 Å². The van der Waals surface area contributed by atoms with E-state index < -0.39 is 24.1 Å². The standard InChI is InChI=1S/C19H23F3N4O2/c1-9-14(20)8-26(9)18-23-16-12(2-3-19(16,21)22)17(24-18)25-6-10-4-11(7-25)13(10)5-15(27)28/h9-11,13-14H,2-8H2,1H3,(H,27,28)/t9-,10-,11+,13?,14?/m0/s1. The zero-order valence-corrected chi connectivity index (χ0v) is 15.6. The first-order chi connectivity index (χ1) is 13.2. The van der Waals surface area contributed by atoms with Crippen LogP contribution in [0, 0.1) is 17.8 Å². The highest BCUT2D eigenvalue weighted by atomic mass is 19.3. The number of nitrogens with zero attached hydrogens (tertiary/aromatic N) is 4. The molecule has 0 spiro atoms. The summed E-state index contributed by atoms with van der Waals surface area (Å²) < 4.78 is 42.5. The molecule has 1 N–H and O–H groups in total. The van der Waals surface area contributed by atoms with Crippen molar-refractivity contribution in [3.05, 3.63) is 11.3 Å². The topological polar surface area (TPSA) is 69.6 Å². The van der Waals surface area contributed by atoms with Crippen molar-refractivity contribution in [1.82, 2.24) is 9.97 Å². The zero-order valence-electron chi connectivity index (χ0n) is 15.6. The number of carbonyl (C=O) groups is 1. The largest absolute Gasteiger partial charge is 0.481 e. The number of fused-ring (bicyclic) bond motifs is 3. The van der Waals surface area contributed by atoms with Crippen LogP contribution in [0.25, 0.3) is 0 Å². The number of hydrogen-bond donors (Lipinski definition) is 1. The first-order valence-corrected chi connectivity index (χ1v) is 9.91. The van der Waals surface area contributed by atoms with Gasteiger partial charge in [0.25, 0.3) is 5.92 Å².